The quantitative estimate of drug-likeness (QED) is 0.472. The molecule has 3 aromatic rings. The Morgan fingerprint density at radius 1 is 1.07 bits per heavy atom. The Morgan fingerprint density at radius 3 is 2.60 bits per heavy atom. The number of aromatic nitrogens is 2. The second-order valence-electron chi connectivity index (χ2n) is 6.76. The summed E-state index contributed by atoms with van der Waals surface area (Å²) in [5, 5.41) is 12.2. The van der Waals surface area contributed by atoms with E-state index in [0.717, 1.165) is 27.0 Å². The molecule has 1 aromatic heterocycles. The summed E-state index contributed by atoms with van der Waals surface area (Å²) < 4.78 is 0.956. The Balaban J connectivity index is 1.54. The second kappa shape index (κ2) is 11.0. The Bertz CT molecular complexity index is 994. The van der Waals surface area contributed by atoms with Crippen LogP contribution in [0.1, 0.15) is 25.3 Å². The molecule has 2 amide bonds. The average molecular weight is 487 g/mol. The monoisotopic (exact) mass is 486 g/mol. The van der Waals surface area contributed by atoms with Crippen molar-refractivity contribution in [1.82, 2.24) is 15.1 Å². The number of rotatable bonds is 9. The number of anilines is 1. The van der Waals surface area contributed by atoms with Gasteiger partial charge in [0, 0.05) is 29.5 Å². The molecule has 1 N–H and O–H groups in total. The van der Waals surface area contributed by atoms with E-state index in [4.69, 9.17) is 0 Å². The Morgan fingerprint density at radius 2 is 1.87 bits per heavy atom. The Labute approximate surface area is 188 Å². The van der Waals surface area contributed by atoms with Crippen LogP contribution in [-0.2, 0) is 16.0 Å². The summed E-state index contributed by atoms with van der Waals surface area (Å²) in [5.74, 6) is -0.149. The second-order valence-corrected chi connectivity index (χ2v) is 8.66. The number of amides is 2. The highest BCUT2D eigenvalue weighted by Crippen LogP contribution is 2.28. The van der Waals surface area contributed by atoms with Crippen molar-refractivity contribution in [2.75, 3.05) is 18.4 Å². The first kappa shape index (κ1) is 22.1. The van der Waals surface area contributed by atoms with Gasteiger partial charge >= 0.3 is 0 Å². The number of halogens is 1. The highest BCUT2D eigenvalue weighted by Gasteiger charge is 2.16. The lowest BCUT2D eigenvalue weighted by Crippen LogP contribution is -2.35. The SMILES string of the molecule is CCCN(CCC(=O)Nc1nnc(-c2cccc(Br)c2)s1)C(=O)Cc1ccccc1. The minimum atomic E-state index is -0.180. The van der Waals surface area contributed by atoms with Crippen LogP contribution in [0.4, 0.5) is 5.13 Å². The van der Waals surface area contributed by atoms with Crippen LogP contribution in [0.3, 0.4) is 0 Å². The third-order valence-corrected chi connectivity index (χ3v) is 5.78. The molecule has 1 heterocycles. The van der Waals surface area contributed by atoms with Gasteiger partial charge in [0.25, 0.3) is 0 Å². The van der Waals surface area contributed by atoms with Gasteiger partial charge in [-0.3, -0.25) is 9.59 Å². The van der Waals surface area contributed by atoms with E-state index in [0.29, 0.717) is 24.6 Å². The van der Waals surface area contributed by atoms with E-state index in [9.17, 15) is 9.59 Å². The van der Waals surface area contributed by atoms with Crippen LogP contribution in [0, 0.1) is 0 Å². The molecule has 8 heteroatoms. The van der Waals surface area contributed by atoms with Gasteiger partial charge in [0.05, 0.1) is 6.42 Å². The van der Waals surface area contributed by atoms with Gasteiger partial charge in [-0.2, -0.15) is 0 Å². The van der Waals surface area contributed by atoms with Crippen LogP contribution in [0.5, 0.6) is 0 Å². The normalized spacial score (nSPS) is 10.6. The van der Waals surface area contributed by atoms with E-state index < -0.39 is 0 Å². The molecule has 0 saturated carbocycles. The summed E-state index contributed by atoms with van der Waals surface area (Å²) in [4.78, 5) is 26.8. The summed E-state index contributed by atoms with van der Waals surface area (Å²) in [5.41, 5.74) is 1.91. The van der Waals surface area contributed by atoms with Crippen molar-refractivity contribution in [3.05, 3.63) is 64.6 Å². The highest BCUT2D eigenvalue weighted by atomic mass is 79.9. The molecule has 2 aromatic carbocycles. The molecule has 0 radical (unpaired) electrons. The molecule has 0 aliphatic carbocycles. The zero-order valence-corrected chi connectivity index (χ0v) is 19.1. The van der Waals surface area contributed by atoms with Gasteiger partial charge in [-0.1, -0.05) is 76.7 Å². The van der Waals surface area contributed by atoms with E-state index >= 15 is 0 Å². The molecule has 0 bridgehead atoms. The van der Waals surface area contributed by atoms with Crippen LogP contribution in [0.15, 0.2) is 59.1 Å². The standard InChI is InChI=1S/C22H23BrN4O2S/c1-2-12-27(20(29)14-16-7-4-3-5-8-16)13-11-19(28)24-22-26-25-21(30-22)17-9-6-10-18(23)15-17/h3-10,15H,2,11-14H2,1H3,(H,24,26,28). The van der Waals surface area contributed by atoms with Crippen LogP contribution in [0.25, 0.3) is 10.6 Å². The van der Waals surface area contributed by atoms with Gasteiger partial charge < -0.3 is 10.2 Å². The van der Waals surface area contributed by atoms with Gasteiger partial charge in [0.2, 0.25) is 16.9 Å². The third-order valence-electron chi connectivity index (χ3n) is 4.40. The molecule has 0 aliphatic rings. The van der Waals surface area contributed by atoms with Crippen LogP contribution >= 0.6 is 27.3 Å². The smallest absolute Gasteiger partial charge is 0.227 e. The number of nitrogens with one attached hydrogen (secondary N) is 1. The predicted molar refractivity (Wildman–Crippen MR) is 123 cm³/mol. The third kappa shape index (κ3) is 6.47. The molecular weight excluding hydrogens is 464 g/mol. The minimum Gasteiger partial charge on any atom is -0.342 e. The van der Waals surface area contributed by atoms with E-state index in [1.54, 1.807) is 4.90 Å². The van der Waals surface area contributed by atoms with E-state index in [-0.39, 0.29) is 18.2 Å². The van der Waals surface area contributed by atoms with Gasteiger partial charge in [-0.05, 0) is 24.1 Å². The first-order valence-electron chi connectivity index (χ1n) is 9.76. The summed E-state index contributed by atoms with van der Waals surface area (Å²) in [6.07, 6.45) is 1.40. The lowest BCUT2D eigenvalue weighted by Gasteiger charge is -2.22. The summed E-state index contributed by atoms with van der Waals surface area (Å²) in [6.45, 7) is 3.03. The zero-order chi connectivity index (χ0) is 21.3. The van der Waals surface area contributed by atoms with Crippen molar-refractivity contribution < 1.29 is 9.59 Å². The Kier molecular flexibility index (Phi) is 8.10. The fourth-order valence-electron chi connectivity index (χ4n) is 2.94. The molecule has 0 aliphatic heterocycles. The predicted octanol–water partition coefficient (Wildman–Crippen LogP) is 4.78. The topological polar surface area (TPSA) is 75.2 Å². The van der Waals surface area contributed by atoms with Crippen molar-refractivity contribution in [2.24, 2.45) is 0 Å². The molecule has 156 valence electrons. The molecule has 0 atom stereocenters. The first-order valence-corrected chi connectivity index (χ1v) is 11.4. The number of carbonyl (C=O) groups is 2. The summed E-state index contributed by atoms with van der Waals surface area (Å²) in [7, 11) is 0. The lowest BCUT2D eigenvalue weighted by molar-refractivity contribution is -0.131. The fourth-order valence-corrected chi connectivity index (χ4v) is 4.10. The molecule has 0 unspecified atom stereocenters. The van der Waals surface area contributed by atoms with E-state index in [2.05, 4.69) is 31.4 Å². The zero-order valence-electron chi connectivity index (χ0n) is 16.7. The lowest BCUT2D eigenvalue weighted by atomic mass is 10.1. The number of benzene rings is 2. The molecule has 0 fully saturated rings. The maximum absolute atomic E-state index is 12.6. The van der Waals surface area contributed by atoms with E-state index in [1.165, 1.54) is 11.3 Å². The van der Waals surface area contributed by atoms with Crippen LogP contribution < -0.4 is 5.32 Å². The van der Waals surface area contributed by atoms with Crippen molar-refractivity contribution >= 4 is 44.2 Å². The van der Waals surface area contributed by atoms with Gasteiger partial charge in [0.15, 0.2) is 0 Å². The highest BCUT2D eigenvalue weighted by molar-refractivity contribution is 9.10. The largest absolute Gasteiger partial charge is 0.342 e. The van der Waals surface area contributed by atoms with Gasteiger partial charge in [-0.25, -0.2) is 0 Å². The molecular formula is C22H23BrN4O2S. The van der Waals surface area contributed by atoms with Crippen molar-refractivity contribution in [1.29, 1.82) is 0 Å². The maximum atomic E-state index is 12.6. The molecule has 6 nitrogen and oxygen atoms in total. The number of hydrogen-bond donors (Lipinski definition) is 1. The summed E-state index contributed by atoms with van der Waals surface area (Å²) in [6, 6.07) is 17.4. The van der Waals surface area contributed by atoms with E-state index in [1.807, 2.05) is 61.5 Å². The number of hydrogen-bond acceptors (Lipinski definition) is 5. The van der Waals surface area contributed by atoms with Crippen molar-refractivity contribution in [3.8, 4) is 10.6 Å². The van der Waals surface area contributed by atoms with Crippen molar-refractivity contribution in [2.45, 2.75) is 26.2 Å². The average Bonchev–Trinajstić information content (AvgIpc) is 3.20. The number of nitrogens with zero attached hydrogens (tertiary/aromatic N) is 3. The van der Waals surface area contributed by atoms with Crippen LogP contribution in [-0.4, -0.2) is 40.0 Å². The Hall–Kier alpha value is -2.58. The molecule has 30 heavy (non-hydrogen) atoms. The number of carbonyl (C=O) groups excluding carboxylic acids is 2. The minimum absolute atomic E-state index is 0.0312. The van der Waals surface area contributed by atoms with Crippen molar-refractivity contribution in [3.63, 3.8) is 0 Å². The van der Waals surface area contributed by atoms with Crippen LogP contribution in [0.2, 0.25) is 0 Å². The maximum Gasteiger partial charge on any atom is 0.227 e. The molecule has 0 saturated heterocycles. The molecule has 0 spiro atoms. The van der Waals surface area contributed by atoms with Gasteiger partial charge in [0.1, 0.15) is 5.01 Å². The fraction of sp³-hybridized carbons (Fsp3) is 0.273. The molecule has 3 rings (SSSR count). The first-order chi connectivity index (χ1) is 14.5. The summed E-state index contributed by atoms with van der Waals surface area (Å²) >= 11 is 4.76. The van der Waals surface area contributed by atoms with Gasteiger partial charge in [-0.15, -0.1) is 10.2 Å².